The maximum absolute atomic E-state index is 11.5. The molecule has 3 aromatic carbocycles. The molecule has 198 valence electrons. The quantitative estimate of drug-likeness (QED) is 0.312. The van der Waals surface area contributed by atoms with Gasteiger partial charge in [0.25, 0.3) is 0 Å². The van der Waals surface area contributed by atoms with Crippen molar-refractivity contribution >= 4 is 5.97 Å². The number of benzene rings is 3. The monoisotopic (exact) mass is 513 g/mol. The number of likely N-dealkylation sites (tertiary alicyclic amines) is 1. The number of piperidine rings is 1. The SMILES string of the molecule is COc1ccc(C(CC#CCN2CCCC(C(=O)O)C2)(c2ccc(OC)cc2)c2ccc(OC)cc2)cc1. The maximum atomic E-state index is 11.5. The van der Waals surface area contributed by atoms with Crippen LogP contribution in [-0.2, 0) is 10.2 Å². The lowest BCUT2D eigenvalue weighted by Gasteiger charge is -2.35. The molecule has 1 aliphatic rings. The molecule has 1 heterocycles. The zero-order valence-electron chi connectivity index (χ0n) is 22.3. The van der Waals surface area contributed by atoms with E-state index >= 15 is 0 Å². The average Bonchev–Trinajstić information content (AvgIpc) is 2.98. The minimum absolute atomic E-state index is 0.317. The molecule has 0 bridgehead atoms. The fourth-order valence-electron chi connectivity index (χ4n) is 5.20. The van der Waals surface area contributed by atoms with Gasteiger partial charge in [0.2, 0.25) is 0 Å². The van der Waals surface area contributed by atoms with Gasteiger partial charge in [0.1, 0.15) is 17.2 Å². The molecule has 0 aromatic heterocycles. The van der Waals surface area contributed by atoms with E-state index in [2.05, 4.69) is 53.1 Å². The van der Waals surface area contributed by atoms with Crippen molar-refractivity contribution in [2.45, 2.75) is 24.7 Å². The van der Waals surface area contributed by atoms with Gasteiger partial charge in [-0.2, -0.15) is 0 Å². The van der Waals surface area contributed by atoms with Crippen LogP contribution in [0.2, 0.25) is 0 Å². The van der Waals surface area contributed by atoms with Crippen molar-refractivity contribution in [2.75, 3.05) is 41.0 Å². The van der Waals surface area contributed by atoms with E-state index in [1.165, 1.54) is 0 Å². The highest BCUT2D eigenvalue weighted by Crippen LogP contribution is 2.43. The summed E-state index contributed by atoms with van der Waals surface area (Å²) in [5.41, 5.74) is 2.70. The molecule has 0 aliphatic carbocycles. The molecule has 38 heavy (non-hydrogen) atoms. The Labute approximate surface area is 225 Å². The summed E-state index contributed by atoms with van der Waals surface area (Å²) in [4.78, 5) is 13.6. The smallest absolute Gasteiger partial charge is 0.307 e. The Morgan fingerprint density at radius 2 is 1.26 bits per heavy atom. The lowest BCUT2D eigenvalue weighted by Crippen LogP contribution is -2.38. The van der Waals surface area contributed by atoms with Gasteiger partial charge in [-0.05, 0) is 72.5 Å². The van der Waals surface area contributed by atoms with E-state index in [0.717, 1.165) is 53.3 Å². The van der Waals surface area contributed by atoms with Gasteiger partial charge in [-0.25, -0.2) is 0 Å². The first-order chi connectivity index (χ1) is 18.5. The van der Waals surface area contributed by atoms with Gasteiger partial charge in [0, 0.05) is 13.0 Å². The van der Waals surface area contributed by atoms with Gasteiger partial charge >= 0.3 is 5.97 Å². The number of rotatable bonds is 9. The summed E-state index contributed by atoms with van der Waals surface area (Å²) in [7, 11) is 4.99. The number of ether oxygens (including phenoxy) is 3. The van der Waals surface area contributed by atoms with E-state index in [4.69, 9.17) is 14.2 Å². The van der Waals surface area contributed by atoms with E-state index in [-0.39, 0.29) is 5.92 Å². The molecular formula is C32H35NO5. The van der Waals surface area contributed by atoms with Crippen LogP contribution in [0.25, 0.3) is 0 Å². The van der Waals surface area contributed by atoms with Crippen LogP contribution in [0.1, 0.15) is 36.0 Å². The first-order valence-electron chi connectivity index (χ1n) is 12.8. The topological polar surface area (TPSA) is 68.2 Å². The number of carboxylic acid groups (broad SMARTS) is 1. The molecule has 1 saturated heterocycles. The van der Waals surface area contributed by atoms with E-state index in [1.54, 1.807) is 21.3 Å². The number of aliphatic carboxylic acids is 1. The summed E-state index contributed by atoms with van der Waals surface area (Å²) < 4.78 is 16.3. The first kappa shape index (κ1) is 27.1. The average molecular weight is 514 g/mol. The second kappa shape index (κ2) is 12.5. The van der Waals surface area contributed by atoms with Crippen molar-refractivity contribution in [3.8, 4) is 29.1 Å². The van der Waals surface area contributed by atoms with Crippen LogP contribution in [0, 0.1) is 17.8 Å². The van der Waals surface area contributed by atoms with Crippen molar-refractivity contribution in [2.24, 2.45) is 5.92 Å². The minimum Gasteiger partial charge on any atom is -0.497 e. The van der Waals surface area contributed by atoms with Gasteiger partial charge in [-0.15, -0.1) is 5.92 Å². The number of hydrogen-bond acceptors (Lipinski definition) is 5. The molecule has 1 aliphatic heterocycles. The molecule has 0 amide bonds. The molecule has 1 fully saturated rings. The van der Waals surface area contributed by atoms with E-state index in [9.17, 15) is 9.90 Å². The van der Waals surface area contributed by atoms with Crippen LogP contribution in [-0.4, -0.2) is 56.9 Å². The maximum Gasteiger partial charge on any atom is 0.307 e. The molecule has 3 aromatic rings. The van der Waals surface area contributed by atoms with Gasteiger partial charge in [0.15, 0.2) is 0 Å². The predicted octanol–water partition coefficient (Wildman–Crippen LogP) is 5.24. The Balaban J connectivity index is 1.76. The molecule has 1 atom stereocenters. The summed E-state index contributed by atoms with van der Waals surface area (Å²) in [6, 6.07) is 24.4. The summed E-state index contributed by atoms with van der Waals surface area (Å²) in [5.74, 6) is 8.15. The molecule has 4 rings (SSSR count). The van der Waals surface area contributed by atoms with Crippen molar-refractivity contribution < 1.29 is 24.1 Å². The van der Waals surface area contributed by atoms with Crippen LogP contribution in [0.15, 0.2) is 72.8 Å². The lowest BCUT2D eigenvalue weighted by atomic mass is 9.67. The fourth-order valence-corrected chi connectivity index (χ4v) is 5.20. The van der Waals surface area contributed by atoms with E-state index in [0.29, 0.717) is 19.5 Å². The zero-order chi connectivity index (χ0) is 27.0. The van der Waals surface area contributed by atoms with Crippen LogP contribution in [0.5, 0.6) is 17.2 Å². The van der Waals surface area contributed by atoms with Crippen LogP contribution < -0.4 is 14.2 Å². The molecule has 0 spiro atoms. The van der Waals surface area contributed by atoms with Crippen molar-refractivity contribution in [1.29, 1.82) is 0 Å². The molecule has 6 nitrogen and oxygen atoms in total. The Bertz CT molecular complexity index is 1140. The number of hydrogen-bond donors (Lipinski definition) is 1. The van der Waals surface area contributed by atoms with Crippen molar-refractivity contribution in [1.82, 2.24) is 4.90 Å². The zero-order valence-corrected chi connectivity index (χ0v) is 22.3. The Hall–Kier alpha value is -3.95. The van der Waals surface area contributed by atoms with Crippen molar-refractivity contribution in [3.05, 3.63) is 89.5 Å². The lowest BCUT2D eigenvalue weighted by molar-refractivity contribution is -0.143. The van der Waals surface area contributed by atoms with Crippen LogP contribution >= 0.6 is 0 Å². The third-order valence-corrected chi connectivity index (χ3v) is 7.38. The largest absolute Gasteiger partial charge is 0.497 e. The molecule has 1 N–H and O–H groups in total. The number of nitrogens with zero attached hydrogens (tertiary/aromatic N) is 1. The second-order valence-electron chi connectivity index (χ2n) is 9.53. The molecule has 1 unspecified atom stereocenters. The number of methoxy groups -OCH3 is 3. The summed E-state index contributed by atoms with van der Waals surface area (Å²) >= 11 is 0. The Morgan fingerprint density at radius 3 is 1.66 bits per heavy atom. The third-order valence-electron chi connectivity index (χ3n) is 7.38. The van der Waals surface area contributed by atoms with Crippen LogP contribution in [0.4, 0.5) is 0 Å². The highest BCUT2D eigenvalue weighted by atomic mass is 16.5. The van der Waals surface area contributed by atoms with Gasteiger partial charge in [0.05, 0.1) is 39.2 Å². The number of carbonyl (C=O) groups is 1. The highest BCUT2D eigenvalue weighted by Gasteiger charge is 2.36. The second-order valence-corrected chi connectivity index (χ2v) is 9.53. The summed E-state index contributed by atoms with van der Waals surface area (Å²) in [6.45, 7) is 1.97. The highest BCUT2D eigenvalue weighted by molar-refractivity contribution is 5.70. The standard InChI is InChI=1S/C32H35NO5/c1-36-28-14-8-25(9-15-28)32(26-10-16-29(37-2)17-11-26,27-12-18-30(38-3)19-13-27)20-4-5-21-33-22-6-7-24(23-33)31(34)35/h8-19,24H,6-7,20-23H2,1-3H3,(H,34,35). The van der Waals surface area contributed by atoms with Crippen LogP contribution in [0.3, 0.4) is 0 Å². The van der Waals surface area contributed by atoms with Gasteiger partial charge in [-0.1, -0.05) is 42.3 Å². The Kier molecular flexibility index (Phi) is 8.93. The summed E-state index contributed by atoms with van der Waals surface area (Å²) in [5, 5.41) is 9.44. The first-order valence-corrected chi connectivity index (χ1v) is 12.8. The van der Waals surface area contributed by atoms with E-state index < -0.39 is 11.4 Å². The predicted molar refractivity (Wildman–Crippen MR) is 148 cm³/mol. The third kappa shape index (κ3) is 5.95. The molecule has 0 saturated carbocycles. The van der Waals surface area contributed by atoms with E-state index in [1.807, 2.05) is 36.4 Å². The normalized spacial score (nSPS) is 15.7. The van der Waals surface area contributed by atoms with Gasteiger partial charge < -0.3 is 19.3 Å². The Morgan fingerprint density at radius 1 is 0.816 bits per heavy atom. The van der Waals surface area contributed by atoms with Gasteiger partial charge in [-0.3, -0.25) is 9.69 Å². The number of carboxylic acids is 1. The summed E-state index contributed by atoms with van der Waals surface area (Å²) in [6.07, 6.45) is 2.15. The fraction of sp³-hybridized carbons (Fsp3) is 0.344. The molecular weight excluding hydrogens is 478 g/mol. The molecule has 6 heteroatoms. The molecule has 0 radical (unpaired) electrons. The van der Waals surface area contributed by atoms with Crippen molar-refractivity contribution in [3.63, 3.8) is 0 Å². The minimum atomic E-state index is -0.722.